The van der Waals surface area contributed by atoms with Crippen LogP contribution in [0.5, 0.6) is 0 Å². The van der Waals surface area contributed by atoms with E-state index < -0.39 is 0 Å². The van der Waals surface area contributed by atoms with E-state index in [9.17, 15) is 0 Å². The zero-order valence-corrected chi connectivity index (χ0v) is 11.4. The van der Waals surface area contributed by atoms with Gasteiger partial charge in [-0.25, -0.2) is 0 Å². The van der Waals surface area contributed by atoms with E-state index in [4.69, 9.17) is 4.52 Å². The van der Waals surface area contributed by atoms with Crippen LogP contribution in [-0.2, 0) is 5.41 Å². The van der Waals surface area contributed by atoms with E-state index in [0.717, 1.165) is 37.4 Å². The zero-order valence-electron chi connectivity index (χ0n) is 11.4. The van der Waals surface area contributed by atoms with Crippen LogP contribution in [0.25, 0.3) is 11.4 Å². The van der Waals surface area contributed by atoms with Gasteiger partial charge >= 0.3 is 0 Å². The van der Waals surface area contributed by atoms with E-state index in [-0.39, 0.29) is 5.41 Å². The van der Waals surface area contributed by atoms with Crippen LogP contribution in [0, 0.1) is 6.92 Å². The molecule has 0 amide bonds. The summed E-state index contributed by atoms with van der Waals surface area (Å²) in [7, 11) is 0. The van der Waals surface area contributed by atoms with Gasteiger partial charge in [-0.05, 0) is 33.2 Å². The van der Waals surface area contributed by atoms with Crippen molar-refractivity contribution in [2.45, 2.75) is 32.1 Å². The molecule has 1 aromatic carbocycles. The van der Waals surface area contributed by atoms with E-state index >= 15 is 0 Å². The third kappa shape index (κ3) is 2.40. The predicted octanol–water partition coefficient (Wildman–Crippen LogP) is 2.69. The molecule has 1 unspecified atom stereocenters. The second kappa shape index (κ2) is 4.78. The highest BCUT2D eigenvalue weighted by molar-refractivity contribution is 5.54. The van der Waals surface area contributed by atoms with Crippen molar-refractivity contribution in [3.63, 3.8) is 0 Å². The minimum Gasteiger partial charge on any atom is -0.338 e. The smallest absolute Gasteiger partial charge is 0.234 e. The van der Waals surface area contributed by atoms with Crippen molar-refractivity contribution in [1.29, 1.82) is 0 Å². The molecule has 1 N–H and O–H groups in total. The van der Waals surface area contributed by atoms with Gasteiger partial charge in [-0.15, -0.1) is 0 Å². The summed E-state index contributed by atoms with van der Waals surface area (Å²) in [4.78, 5) is 4.59. The number of hydrogen-bond acceptors (Lipinski definition) is 4. The van der Waals surface area contributed by atoms with Crippen LogP contribution in [0.15, 0.2) is 28.8 Å². The van der Waals surface area contributed by atoms with E-state index in [0.29, 0.717) is 5.82 Å². The van der Waals surface area contributed by atoms with Gasteiger partial charge in [0.05, 0.1) is 5.41 Å². The molecule has 1 fully saturated rings. The summed E-state index contributed by atoms with van der Waals surface area (Å²) in [5.74, 6) is 1.43. The van der Waals surface area contributed by atoms with Crippen LogP contribution >= 0.6 is 0 Å². The summed E-state index contributed by atoms with van der Waals surface area (Å²) in [5.41, 5.74) is 2.21. The lowest BCUT2D eigenvalue weighted by Gasteiger charge is -2.30. The van der Waals surface area contributed by atoms with Crippen LogP contribution in [0.2, 0.25) is 0 Å². The lowest BCUT2D eigenvalue weighted by Crippen LogP contribution is -2.41. The summed E-state index contributed by atoms with van der Waals surface area (Å²) >= 11 is 0. The average Bonchev–Trinajstić information content (AvgIpc) is 2.91. The van der Waals surface area contributed by atoms with Crippen molar-refractivity contribution in [3.05, 3.63) is 35.7 Å². The number of benzene rings is 1. The average molecular weight is 257 g/mol. The number of rotatable bonds is 2. The van der Waals surface area contributed by atoms with Crippen LogP contribution in [0.3, 0.4) is 0 Å². The first-order valence-electron chi connectivity index (χ1n) is 6.79. The monoisotopic (exact) mass is 257 g/mol. The molecule has 4 heteroatoms. The van der Waals surface area contributed by atoms with Crippen LogP contribution in [-0.4, -0.2) is 23.2 Å². The fraction of sp³-hybridized carbons (Fsp3) is 0.467. The quantitative estimate of drug-likeness (QED) is 0.898. The Bertz CT molecular complexity index is 553. The SMILES string of the molecule is Cc1ccc(-c2noc(C3(C)CCCNC3)n2)cc1. The fourth-order valence-electron chi connectivity index (χ4n) is 2.53. The first-order valence-corrected chi connectivity index (χ1v) is 6.79. The Morgan fingerprint density at radius 2 is 2.05 bits per heavy atom. The number of hydrogen-bond donors (Lipinski definition) is 1. The summed E-state index contributed by atoms with van der Waals surface area (Å²) in [6.07, 6.45) is 2.24. The van der Waals surface area contributed by atoms with Gasteiger partial charge in [0.2, 0.25) is 11.7 Å². The third-order valence-electron chi connectivity index (χ3n) is 3.85. The van der Waals surface area contributed by atoms with E-state index in [1.807, 2.05) is 12.1 Å². The predicted molar refractivity (Wildman–Crippen MR) is 73.9 cm³/mol. The summed E-state index contributed by atoms with van der Waals surface area (Å²) in [6.45, 7) is 6.24. The molecule has 3 rings (SSSR count). The van der Waals surface area contributed by atoms with Crippen molar-refractivity contribution < 1.29 is 4.52 Å². The van der Waals surface area contributed by atoms with Crippen molar-refractivity contribution in [3.8, 4) is 11.4 Å². The maximum Gasteiger partial charge on any atom is 0.234 e. The van der Waals surface area contributed by atoms with Gasteiger partial charge in [-0.3, -0.25) is 0 Å². The van der Waals surface area contributed by atoms with Gasteiger partial charge in [0.1, 0.15) is 0 Å². The minimum absolute atomic E-state index is 0.0335. The second-order valence-electron chi connectivity index (χ2n) is 5.63. The molecular formula is C15H19N3O. The van der Waals surface area contributed by atoms with Gasteiger partial charge in [0.15, 0.2) is 0 Å². The van der Waals surface area contributed by atoms with Crippen LogP contribution < -0.4 is 5.32 Å². The number of aromatic nitrogens is 2. The zero-order chi connectivity index (χ0) is 13.3. The van der Waals surface area contributed by atoms with E-state index in [1.165, 1.54) is 5.56 Å². The molecule has 100 valence electrons. The largest absolute Gasteiger partial charge is 0.338 e. The van der Waals surface area contributed by atoms with Gasteiger partial charge < -0.3 is 9.84 Å². The molecule has 0 saturated carbocycles. The highest BCUT2D eigenvalue weighted by atomic mass is 16.5. The molecular weight excluding hydrogens is 238 g/mol. The molecule has 1 atom stereocenters. The van der Waals surface area contributed by atoms with Crippen LogP contribution in [0.1, 0.15) is 31.2 Å². The second-order valence-corrected chi connectivity index (χ2v) is 5.63. The van der Waals surface area contributed by atoms with Gasteiger partial charge in [-0.1, -0.05) is 35.0 Å². The van der Waals surface area contributed by atoms with Gasteiger partial charge in [0.25, 0.3) is 0 Å². The maximum absolute atomic E-state index is 5.49. The van der Waals surface area contributed by atoms with Crippen molar-refractivity contribution in [2.75, 3.05) is 13.1 Å². The molecule has 2 aromatic rings. The fourth-order valence-corrected chi connectivity index (χ4v) is 2.53. The van der Waals surface area contributed by atoms with Gasteiger partial charge in [-0.2, -0.15) is 4.98 Å². The number of nitrogens with zero attached hydrogens (tertiary/aromatic N) is 2. The Kier molecular flexibility index (Phi) is 3.11. The van der Waals surface area contributed by atoms with E-state index in [2.05, 4.69) is 41.4 Å². The molecule has 1 aliphatic rings. The molecule has 2 heterocycles. The summed E-state index contributed by atoms with van der Waals surface area (Å²) < 4.78 is 5.49. The number of piperidine rings is 1. The minimum atomic E-state index is -0.0335. The first-order chi connectivity index (χ1) is 9.17. The molecule has 0 spiro atoms. The Morgan fingerprint density at radius 1 is 1.26 bits per heavy atom. The van der Waals surface area contributed by atoms with Crippen molar-refractivity contribution >= 4 is 0 Å². The maximum atomic E-state index is 5.49. The van der Waals surface area contributed by atoms with Gasteiger partial charge in [0, 0.05) is 12.1 Å². The van der Waals surface area contributed by atoms with Crippen LogP contribution in [0.4, 0.5) is 0 Å². The highest BCUT2D eigenvalue weighted by Crippen LogP contribution is 2.30. The van der Waals surface area contributed by atoms with E-state index in [1.54, 1.807) is 0 Å². The molecule has 0 bridgehead atoms. The highest BCUT2D eigenvalue weighted by Gasteiger charge is 2.34. The lowest BCUT2D eigenvalue weighted by atomic mass is 9.83. The molecule has 19 heavy (non-hydrogen) atoms. The standard InChI is InChI=1S/C15H19N3O/c1-11-4-6-12(7-5-11)13-17-14(19-18-13)15(2)8-3-9-16-10-15/h4-7,16H,3,8-10H2,1-2H3. The molecule has 1 aliphatic heterocycles. The molecule has 0 radical (unpaired) electrons. The lowest BCUT2D eigenvalue weighted by molar-refractivity contribution is 0.245. The van der Waals surface area contributed by atoms with Crippen molar-refractivity contribution in [1.82, 2.24) is 15.5 Å². The Labute approximate surface area is 113 Å². The molecule has 4 nitrogen and oxygen atoms in total. The molecule has 0 aliphatic carbocycles. The third-order valence-corrected chi connectivity index (χ3v) is 3.85. The molecule has 1 saturated heterocycles. The normalized spacial score (nSPS) is 23.5. The number of nitrogens with one attached hydrogen (secondary N) is 1. The summed E-state index contributed by atoms with van der Waals surface area (Å²) in [6, 6.07) is 8.20. The Morgan fingerprint density at radius 3 is 2.74 bits per heavy atom. The Balaban J connectivity index is 1.88. The molecule has 1 aromatic heterocycles. The topological polar surface area (TPSA) is 51.0 Å². The van der Waals surface area contributed by atoms with Crippen molar-refractivity contribution in [2.24, 2.45) is 0 Å². The number of aryl methyl sites for hydroxylation is 1. The first kappa shape index (κ1) is 12.4. The summed E-state index contributed by atoms with van der Waals surface area (Å²) in [5, 5.41) is 7.53. The Hall–Kier alpha value is -1.68.